The fourth-order valence-corrected chi connectivity index (χ4v) is 2.61. The minimum Gasteiger partial charge on any atom is -0.411 e. The molecule has 0 aromatic heterocycles. The van der Waals surface area contributed by atoms with Gasteiger partial charge in [-0.1, -0.05) is 36.5 Å². The first-order valence-electron chi connectivity index (χ1n) is 9.49. The van der Waals surface area contributed by atoms with E-state index in [0.717, 1.165) is 25.9 Å². The van der Waals surface area contributed by atoms with Crippen LogP contribution in [0.1, 0.15) is 80.6 Å². The molecule has 0 saturated carbocycles. The Balaban J connectivity index is 4.47. The quantitative estimate of drug-likeness (QED) is 0.228. The van der Waals surface area contributed by atoms with Gasteiger partial charge in [-0.2, -0.15) is 0 Å². The number of rotatable bonds is 13. The summed E-state index contributed by atoms with van der Waals surface area (Å²) in [6, 6.07) is 0. The lowest BCUT2D eigenvalue weighted by Crippen LogP contribution is -2.47. The number of nitrogens with one attached hydrogen (secondary N) is 2. The van der Waals surface area contributed by atoms with Gasteiger partial charge in [0.2, 0.25) is 0 Å². The van der Waals surface area contributed by atoms with Crippen molar-refractivity contribution in [3.63, 3.8) is 0 Å². The zero-order chi connectivity index (χ0) is 19.5. The molecule has 0 amide bonds. The van der Waals surface area contributed by atoms with Crippen molar-refractivity contribution in [2.45, 2.75) is 91.6 Å². The van der Waals surface area contributed by atoms with E-state index in [-0.39, 0.29) is 11.1 Å². The SMILES string of the molecule is CCCCC(CCNC(C)(C)/C(C)=N/O)CCNC(C)(C)/C(C)=N/O. The Labute approximate surface area is 154 Å². The summed E-state index contributed by atoms with van der Waals surface area (Å²) in [5.74, 6) is 0.643. The van der Waals surface area contributed by atoms with Gasteiger partial charge >= 0.3 is 0 Å². The Hall–Kier alpha value is -1.14. The number of nitrogens with zero attached hydrogens (tertiary/aromatic N) is 2. The molecule has 0 rings (SSSR count). The summed E-state index contributed by atoms with van der Waals surface area (Å²) >= 11 is 0. The van der Waals surface area contributed by atoms with Crippen molar-refractivity contribution >= 4 is 11.4 Å². The maximum atomic E-state index is 8.96. The highest BCUT2D eigenvalue weighted by molar-refractivity contribution is 5.90. The van der Waals surface area contributed by atoms with Crippen LogP contribution in [0.15, 0.2) is 10.3 Å². The van der Waals surface area contributed by atoms with Crippen molar-refractivity contribution in [2.75, 3.05) is 13.1 Å². The topological polar surface area (TPSA) is 89.2 Å². The first kappa shape index (κ1) is 23.9. The molecule has 6 heteroatoms. The van der Waals surface area contributed by atoms with Crippen molar-refractivity contribution in [2.24, 2.45) is 16.2 Å². The fourth-order valence-electron chi connectivity index (χ4n) is 2.61. The van der Waals surface area contributed by atoms with Crippen LogP contribution in [0.4, 0.5) is 0 Å². The van der Waals surface area contributed by atoms with Gasteiger partial charge in [-0.3, -0.25) is 0 Å². The van der Waals surface area contributed by atoms with Crippen molar-refractivity contribution in [1.82, 2.24) is 10.6 Å². The molecule has 0 aliphatic heterocycles. The van der Waals surface area contributed by atoms with Crippen molar-refractivity contribution in [3.8, 4) is 0 Å². The molecule has 0 radical (unpaired) electrons. The van der Waals surface area contributed by atoms with E-state index in [1.807, 2.05) is 41.5 Å². The van der Waals surface area contributed by atoms with Gasteiger partial charge in [0.1, 0.15) is 0 Å². The summed E-state index contributed by atoms with van der Waals surface area (Å²) in [5.41, 5.74) is 0.803. The second-order valence-electron chi connectivity index (χ2n) is 8.06. The molecule has 0 unspecified atom stereocenters. The van der Waals surface area contributed by atoms with E-state index in [0.29, 0.717) is 17.3 Å². The lowest BCUT2D eigenvalue weighted by atomic mass is 9.92. The molecule has 0 aliphatic rings. The second-order valence-corrected chi connectivity index (χ2v) is 8.06. The van der Waals surface area contributed by atoms with Crippen molar-refractivity contribution in [3.05, 3.63) is 0 Å². The van der Waals surface area contributed by atoms with Crippen LogP contribution in [-0.2, 0) is 0 Å². The maximum absolute atomic E-state index is 8.96. The molecule has 0 atom stereocenters. The van der Waals surface area contributed by atoms with Gasteiger partial charge in [0.05, 0.1) is 22.5 Å². The molecule has 0 saturated heterocycles. The third-order valence-corrected chi connectivity index (χ3v) is 5.31. The Bertz CT molecular complexity index is 395. The molecule has 148 valence electrons. The van der Waals surface area contributed by atoms with Crippen LogP contribution < -0.4 is 10.6 Å². The molecule has 4 N–H and O–H groups in total. The molecule has 0 spiro atoms. The van der Waals surface area contributed by atoms with E-state index in [9.17, 15) is 0 Å². The highest BCUT2D eigenvalue weighted by Crippen LogP contribution is 2.18. The molecule has 0 aliphatic carbocycles. The van der Waals surface area contributed by atoms with E-state index in [4.69, 9.17) is 10.4 Å². The molecular formula is C19H40N4O2. The smallest absolute Gasteiger partial charge is 0.0734 e. The Morgan fingerprint density at radius 2 is 1.24 bits per heavy atom. The largest absolute Gasteiger partial charge is 0.411 e. The van der Waals surface area contributed by atoms with Crippen LogP contribution >= 0.6 is 0 Å². The highest BCUT2D eigenvalue weighted by atomic mass is 16.4. The number of hydrogen-bond acceptors (Lipinski definition) is 6. The van der Waals surface area contributed by atoms with Crippen LogP contribution in [0.2, 0.25) is 0 Å². The fraction of sp³-hybridized carbons (Fsp3) is 0.895. The van der Waals surface area contributed by atoms with E-state index < -0.39 is 0 Å². The average Bonchev–Trinajstić information content (AvgIpc) is 2.57. The lowest BCUT2D eigenvalue weighted by Gasteiger charge is -2.28. The van der Waals surface area contributed by atoms with Gasteiger partial charge in [0.25, 0.3) is 0 Å². The Kier molecular flexibility index (Phi) is 10.9. The molecule has 0 heterocycles. The van der Waals surface area contributed by atoms with Gasteiger partial charge in [0.15, 0.2) is 0 Å². The summed E-state index contributed by atoms with van der Waals surface area (Å²) < 4.78 is 0. The Morgan fingerprint density at radius 1 is 0.840 bits per heavy atom. The third-order valence-electron chi connectivity index (χ3n) is 5.31. The van der Waals surface area contributed by atoms with E-state index in [2.05, 4.69) is 27.9 Å². The van der Waals surface area contributed by atoms with Crippen LogP contribution in [0, 0.1) is 5.92 Å². The van der Waals surface area contributed by atoms with Crippen molar-refractivity contribution < 1.29 is 10.4 Å². The normalized spacial score (nSPS) is 14.4. The predicted molar refractivity (Wildman–Crippen MR) is 106 cm³/mol. The highest BCUT2D eigenvalue weighted by Gasteiger charge is 2.23. The monoisotopic (exact) mass is 356 g/mol. The molecule has 0 fully saturated rings. The van der Waals surface area contributed by atoms with Gasteiger partial charge in [-0.15, -0.1) is 0 Å². The summed E-state index contributed by atoms with van der Waals surface area (Å²) in [6.07, 6.45) is 5.86. The predicted octanol–water partition coefficient (Wildman–Crippen LogP) is 4.01. The molecule has 6 nitrogen and oxygen atoms in total. The van der Waals surface area contributed by atoms with E-state index in [1.54, 1.807) is 0 Å². The van der Waals surface area contributed by atoms with E-state index >= 15 is 0 Å². The third kappa shape index (κ3) is 9.21. The van der Waals surface area contributed by atoms with Gasteiger partial charge in [0, 0.05) is 0 Å². The standard InChI is InChI=1S/C19H40N4O2/c1-8-9-10-17(11-13-20-18(4,5)15(2)22-24)12-14-21-19(6,7)16(3)23-25/h17,20-21,24-25H,8-14H2,1-7H3/b22-15+,23-16+. The molecule has 25 heavy (non-hydrogen) atoms. The maximum Gasteiger partial charge on any atom is 0.0734 e. The van der Waals surface area contributed by atoms with E-state index in [1.165, 1.54) is 19.3 Å². The Morgan fingerprint density at radius 3 is 1.56 bits per heavy atom. The summed E-state index contributed by atoms with van der Waals surface area (Å²) in [4.78, 5) is 0. The molecular weight excluding hydrogens is 316 g/mol. The first-order chi connectivity index (χ1) is 11.6. The van der Waals surface area contributed by atoms with Crippen LogP contribution in [0.5, 0.6) is 0 Å². The molecule has 0 bridgehead atoms. The van der Waals surface area contributed by atoms with Crippen LogP contribution in [0.3, 0.4) is 0 Å². The second kappa shape index (κ2) is 11.5. The first-order valence-corrected chi connectivity index (χ1v) is 9.49. The van der Waals surface area contributed by atoms with Gasteiger partial charge < -0.3 is 21.0 Å². The minimum absolute atomic E-state index is 0.293. The number of unbranched alkanes of at least 4 members (excludes halogenated alkanes) is 1. The number of oxime groups is 2. The summed E-state index contributed by atoms with van der Waals surface area (Å²) in [5, 5.41) is 31.5. The van der Waals surface area contributed by atoms with Crippen LogP contribution in [0.25, 0.3) is 0 Å². The molecule has 0 aromatic carbocycles. The van der Waals surface area contributed by atoms with Crippen LogP contribution in [-0.4, -0.2) is 46.0 Å². The zero-order valence-corrected chi connectivity index (χ0v) is 17.3. The van der Waals surface area contributed by atoms with Gasteiger partial charge in [-0.25, -0.2) is 0 Å². The lowest BCUT2D eigenvalue weighted by molar-refractivity contribution is 0.306. The summed E-state index contributed by atoms with van der Waals surface area (Å²) in [6.45, 7) is 15.8. The molecule has 0 aromatic rings. The average molecular weight is 357 g/mol. The van der Waals surface area contributed by atoms with Crippen molar-refractivity contribution in [1.29, 1.82) is 0 Å². The summed E-state index contributed by atoms with van der Waals surface area (Å²) in [7, 11) is 0. The van der Waals surface area contributed by atoms with Gasteiger partial charge in [-0.05, 0) is 73.4 Å². The minimum atomic E-state index is -0.293. The zero-order valence-electron chi connectivity index (χ0n) is 17.3. The number of hydrogen-bond donors (Lipinski definition) is 4.